The molecule has 0 bridgehead atoms. The summed E-state index contributed by atoms with van der Waals surface area (Å²) in [6.45, 7) is 8.85. The van der Waals surface area contributed by atoms with Crippen LogP contribution in [0.4, 0.5) is 4.39 Å². The summed E-state index contributed by atoms with van der Waals surface area (Å²) in [6, 6.07) is 12.0. The van der Waals surface area contributed by atoms with E-state index in [0.717, 1.165) is 11.1 Å². The van der Waals surface area contributed by atoms with Gasteiger partial charge in [0.25, 0.3) is 0 Å². The molecule has 2 aromatic carbocycles. The highest BCUT2D eigenvalue weighted by atomic mass is 35.5. The minimum Gasteiger partial charge on any atom is -0.458 e. The predicted molar refractivity (Wildman–Crippen MR) is 108 cm³/mol. The lowest BCUT2D eigenvalue weighted by Gasteiger charge is -2.29. The van der Waals surface area contributed by atoms with Crippen molar-refractivity contribution in [3.05, 3.63) is 70.0 Å². The normalized spacial score (nSPS) is 14.2. The van der Waals surface area contributed by atoms with Crippen LogP contribution in [-0.2, 0) is 16.0 Å². The summed E-state index contributed by atoms with van der Waals surface area (Å²) in [5.41, 5.74) is 0.101. The maximum absolute atomic E-state index is 14.4. The third-order valence-corrected chi connectivity index (χ3v) is 4.20. The van der Waals surface area contributed by atoms with Gasteiger partial charge in [-0.3, -0.25) is 4.99 Å². The van der Waals surface area contributed by atoms with Crippen LogP contribution in [0.2, 0.25) is 5.02 Å². The number of carbonyl (C=O) groups is 1. The molecule has 0 heterocycles. The smallest absolute Gasteiger partial charge is 0.334 e. The second-order valence-electron chi connectivity index (χ2n) is 7.86. The zero-order valence-electron chi connectivity index (χ0n) is 16.3. The third-order valence-electron chi connectivity index (χ3n) is 3.95. The Kier molecular flexibility index (Phi) is 6.42. The molecule has 0 aliphatic carbocycles. The monoisotopic (exact) mass is 389 g/mol. The Morgan fingerprint density at radius 1 is 1.15 bits per heavy atom. The summed E-state index contributed by atoms with van der Waals surface area (Å²) >= 11 is 5.90. The lowest BCUT2D eigenvalue weighted by atomic mass is 9.92. The molecule has 1 atom stereocenters. The zero-order valence-corrected chi connectivity index (χ0v) is 17.1. The quantitative estimate of drug-likeness (QED) is 0.496. The Labute approximate surface area is 165 Å². The van der Waals surface area contributed by atoms with Gasteiger partial charge in [0.2, 0.25) is 0 Å². The van der Waals surface area contributed by atoms with E-state index in [1.54, 1.807) is 64.2 Å². The van der Waals surface area contributed by atoms with E-state index in [1.807, 2.05) is 13.0 Å². The molecule has 144 valence electrons. The van der Waals surface area contributed by atoms with Gasteiger partial charge in [-0.1, -0.05) is 35.9 Å². The molecule has 0 spiro atoms. The van der Waals surface area contributed by atoms with E-state index in [2.05, 4.69) is 4.99 Å². The van der Waals surface area contributed by atoms with Crippen LogP contribution in [0.3, 0.4) is 0 Å². The van der Waals surface area contributed by atoms with Crippen LogP contribution < -0.4 is 0 Å². The van der Waals surface area contributed by atoms with Gasteiger partial charge in [-0.2, -0.15) is 0 Å². The first kappa shape index (κ1) is 21.1. The predicted octanol–water partition coefficient (Wildman–Crippen LogP) is 5.55. The Morgan fingerprint density at radius 3 is 2.33 bits per heavy atom. The number of rotatable bonds is 5. The summed E-state index contributed by atoms with van der Waals surface area (Å²) in [4.78, 5) is 17.3. The number of nitrogens with zero attached hydrogens (tertiary/aromatic N) is 1. The Balaban J connectivity index is 2.37. The molecule has 0 N–H and O–H groups in total. The number of halogens is 2. The number of aryl methyl sites for hydroxylation is 1. The Bertz CT molecular complexity index is 840. The molecule has 0 fully saturated rings. The van der Waals surface area contributed by atoms with Gasteiger partial charge < -0.3 is 4.74 Å². The van der Waals surface area contributed by atoms with E-state index in [4.69, 9.17) is 16.3 Å². The summed E-state index contributed by atoms with van der Waals surface area (Å²) in [7, 11) is 0. The van der Waals surface area contributed by atoms with Crippen molar-refractivity contribution in [3.63, 3.8) is 0 Å². The van der Waals surface area contributed by atoms with Gasteiger partial charge in [0.05, 0.1) is 0 Å². The molecular weight excluding hydrogens is 365 g/mol. The van der Waals surface area contributed by atoms with Gasteiger partial charge in [-0.05, 0) is 69.5 Å². The molecule has 27 heavy (non-hydrogen) atoms. The van der Waals surface area contributed by atoms with Crippen molar-refractivity contribution in [1.82, 2.24) is 0 Å². The number of ether oxygens (including phenoxy) is 1. The largest absolute Gasteiger partial charge is 0.458 e. The van der Waals surface area contributed by atoms with Crippen LogP contribution in [0, 0.1) is 12.7 Å². The lowest BCUT2D eigenvalue weighted by molar-refractivity contribution is -0.160. The van der Waals surface area contributed by atoms with Crippen LogP contribution in [0.25, 0.3) is 0 Å². The second kappa shape index (κ2) is 8.22. The third kappa shape index (κ3) is 6.17. The van der Waals surface area contributed by atoms with E-state index >= 15 is 0 Å². The fourth-order valence-corrected chi connectivity index (χ4v) is 2.62. The van der Waals surface area contributed by atoms with Crippen LogP contribution in [-0.4, -0.2) is 23.3 Å². The molecule has 0 saturated heterocycles. The van der Waals surface area contributed by atoms with Gasteiger partial charge in [0.1, 0.15) is 11.4 Å². The average Bonchev–Trinajstić information content (AvgIpc) is 2.55. The van der Waals surface area contributed by atoms with E-state index in [-0.39, 0.29) is 12.2 Å². The van der Waals surface area contributed by atoms with Crippen molar-refractivity contribution in [2.24, 2.45) is 4.99 Å². The summed E-state index contributed by atoms with van der Waals surface area (Å²) < 4.78 is 19.9. The van der Waals surface area contributed by atoms with E-state index in [1.165, 1.54) is 6.07 Å². The Morgan fingerprint density at radius 2 is 1.78 bits per heavy atom. The first-order valence-corrected chi connectivity index (χ1v) is 9.16. The molecule has 5 heteroatoms. The van der Waals surface area contributed by atoms with Gasteiger partial charge in [-0.25, -0.2) is 9.18 Å². The summed E-state index contributed by atoms with van der Waals surface area (Å²) in [5, 5.41) is 0.615. The van der Waals surface area contributed by atoms with Crippen LogP contribution >= 0.6 is 11.6 Å². The maximum atomic E-state index is 14.4. The maximum Gasteiger partial charge on any atom is 0.334 e. The average molecular weight is 390 g/mol. The summed E-state index contributed by atoms with van der Waals surface area (Å²) in [5.74, 6) is -0.855. The number of aliphatic imine (C=N–C) groups is 1. The molecule has 0 aliphatic rings. The van der Waals surface area contributed by atoms with Gasteiger partial charge in [-0.15, -0.1) is 0 Å². The van der Waals surface area contributed by atoms with E-state index in [0.29, 0.717) is 10.6 Å². The fourth-order valence-electron chi connectivity index (χ4n) is 2.49. The van der Waals surface area contributed by atoms with Crippen molar-refractivity contribution >= 4 is 23.8 Å². The van der Waals surface area contributed by atoms with Gasteiger partial charge in [0, 0.05) is 17.7 Å². The number of benzene rings is 2. The van der Waals surface area contributed by atoms with Crippen LogP contribution in [0.1, 0.15) is 44.4 Å². The van der Waals surface area contributed by atoms with Crippen molar-refractivity contribution < 1.29 is 13.9 Å². The first-order chi connectivity index (χ1) is 12.5. The zero-order chi connectivity index (χ0) is 20.2. The number of esters is 1. The molecule has 0 saturated carbocycles. The molecular formula is C22H25ClFNO2. The standard InChI is InChI=1S/C22H25ClFNO2/c1-15-6-9-17(19(24)12-15)13-22(5,20(26)27-21(2,3)4)25-14-16-7-10-18(23)11-8-16/h6-12,14H,13H2,1-5H3/t22-/m0/s1. The van der Waals surface area contributed by atoms with Crippen LogP contribution in [0.15, 0.2) is 47.5 Å². The van der Waals surface area contributed by atoms with Crippen molar-refractivity contribution in [2.45, 2.75) is 52.2 Å². The highest BCUT2D eigenvalue weighted by molar-refractivity contribution is 6.30. The molecule has 0 amide bonds. The number of hydrogen-bond acceptors (Lipinski definition) is 3. The minimum absolute atomic E-state index is 0.0954. The minimum atomic E-state index is -1.26. The van der Waals surface area contributed by atoms with Crippen molar-refractivity contribution in [2.75, 3.05) is 0 Å². The molecule has 0 aliphatic heterocycles. The SMILES string of the molecule is Cc1ccc(C[C@](C)(N=Cc2ccc(Cl)cc2)C(=O)OC(C)(C)C)c(F)c1. The Hall–Kier alpha value is -2.20. The molecule has 2 aromatic rings. The second-order valence-corrected chi connectivity index (χ2v) is 8.29. The van der Waals surface area contributed by atoms with E-state index in [9.17, 15) is 9.18 Å². The highest BCUT2D eigenvalue weighted by Gasteiger charge is 2.37. The number of carbonyl (C=O) groups excluding carboxylic acids is 1. The van der Waals surface area contributed by atoms with Gasteiger partial charge in [0.15, 0.2) is 5.54 Å². The van der Waals surface area contributed by atoms with Crippen molar-refractivity contribution in [3.8, 4) is 0 Å². The fraction of sp³-hybridized carbons (Fsp3) is 0.364. The van der Waals surface area contributed by atoms with Crippen molar-refractivity contribution in [1.29, 1.82) is 0 Å². The molecule has 3 nitrogen and oxygen atoms in total. The lowest BCUT2D eigenvalue weighted by Crippen LogP contribution is -2.41. The van der Waals surface area contributed by atoms with Gasteiger partial charge >= 0.3 is 5.97 Å². The van der Waals surface area contributed by atoms with E-state index < -0.39 is 17.1 Å². The highest BCUT2D eigenvalue weighted by Crippen LogP contribution is 2.25. The summed E-state index contributed by atoms with van der Waals surface area (Å²) in [6.07, 6.45) is 1.68. The number of hydrogen-bond donors (Lipinski definition) is 0. The molecule has 0 unspecified atom stereocenters. The topological polar surface area (TPSA) is 38.7 Å². The molecule has 0 aromatic heterocycles. The van der Waals surface area contributed by atoms with Crippen LogP contribution in [0.5, 0.6) is 0 Å². The molecule has 2 rings (SSSR count). The first-order valence-electron chi connectivity index (χ1n) is 8.78. The molecule has 0 radical (unpaired) electrons.